The average molecular weight is 343 g/mol. The Morgan fingerprint density at radius 3 is 1.60 bits per heavy atom. The van der Waals surface area contributed by atoms with Crippen LogP contribution in [0.2, 0.25) is 0 Å². The first-order chi connectivity index (χ1) is 11.8. The summed E-state index contributed by atoms with van der Waals surface area (Å²) in [4.78, 5) is 0. The van der Waals surface area contributed by atoms with Crippen LogP contribution in [0.25, 0.3) is 21.9 Å². The van der Waals surface area contributed by atoms with E-state index in [1.807, 2.05) is 0 Å². The molecule has 0 aliphatic rings. The van der Waals surface area contributed by atoms with Crippen LogP contribution in [-0.2, 0) is 0 Å². The summed E-state index contributed by atoms with van der Waals surface area (Å²) in [6, 6.07) is 6.31. The van der Waals surface area contributed by atoms with Crippen molar-refractivity contribution in [2.45, 2.75) is 0 Å². The molecule has 3 rings (SSSR count). The van der Waals surface area contributed by atoms with Crippen molar-refractivity contribution in [3.05, 3.63) is 24.3 Å². The highest BCUT2D eigenvalue weighted by atomic mass is 16.4. The molecule has 0 fully saturated rings. The van der Waals surface area contributed by atoms with Crippen LogP contribution >= 0.6 is 0 Å². The molecule has 0 bridgehead atoms. The van der Waals surface area contributed by atoms with Crippen molar-refractivity contribution in [2.75, 3.05) is 0 Å². The third kappa shape index (κ3) is 2.76. The third-order valence-corrected chi connectivity index (χ3v) is 4.01. The maximum Gasteiger partial charge on any atom is 0.491 e. The van der Waals surface area contributed by atoms with Gasteiger partial charge >= 0.3 is 28.5 Å². The van der Waals surface area contributed by atoms with Gasteiger partial charge < -0.3 is 44.6 Å². The zero-order valence-corrected chi connectivity index (χ0v) is 12.6. The number of fused-ring (bicyclic) bond motifs is 3. The lowest BCUT2D eigenvalue weighted by Gasteiger charge is -2.19. The number of benzene rings is 2. The van der Waals surface area contributed by atoms with Gasteiger partial charge in [0, 0.05) is 16.2 Å². The maximum atomic E-state index is 9.77. The van der Waals surface area contributed by atoms with Gasteiger partial charge in [0.1, 0.15) is 11.2 Å². The van der Waals surface area contributed by atoms with Gasteiger partial charge in [0.25, 0.3) is 0 Å². The average Bonchev–Trinajstić information content (AvgIpc) is 2.90. The van der Waals surface area contributed by atoms with Crippen molar-refractivity contribution in [1.82, 2.24) is 0 Å². The van der Waals surface area contributed by atoms with Gasteiger partial charge in [-0.15, -0.1) is 0 Å². The second-order valence-electron chi connectivity index (χ2n) is 5.45. The van der Waals surface area contributed by atoms with Gasteiger partial charge in [0.2, 0.25) is 0 Å². The Hall–Kier alpha value is -1.82. The van der Waals surface area contributed by atoms with Gasteiger partial charge in [-0.1, -0.05) is 18.2 Å². The Morgan fingerprint density at radius 1 is 0.600 bits per heavy atom. The predicted molar refractivity (Wildman–Crippen MR) is 93.0 cm³/mol. The van der Waals surface area contributed by atoms with E-state index in [4.69, 9.17) is 4.42 Å². The van der Waals surface area contributed by atoms with Crippen molar-refractivity contribution in [3.63, 3.8) is 0 Å². The maximum absolute atomic E-state index is 9.77. The summed E-state index contributed by atoms with van der Waals surface area (Å²) in [7, 11) is -9.22. The summed E-state index contributed by atoms with van der Waals surface area (Å²) in [6.45, 7) is 0. The lowest BCUT2D eigenvalue weighted by atomic mass is 9.52. The highest BCUT2D eigenvalue weighted by Gasteiger charge is 2.40. The molecule has 2 aromatic carbocycles. The van der Waals surface area contributed by atoms with Gasteiger partial charge in [0.15, 0.2) is 0 Å². The normalized spacial score (nSPS) is 11.2. The van der Waals surface area contributed by atoms with Crippen molar-refractivity contribution < 1.29 is 44.6 Å². The van der Waals surface area contributed by atoms with E-state index in [2.05, 4.69) is 0 Å². The molecule has 1 aromatic heterocycles. The summed E-state index contributed by atoms with van der Waals surface area (Å²) < 4.78 is 5.53. The molecule has 3 aromatic rings. The lowest BCUT2D eigenvalue weighted by Crippen LogP contribution is -2.67. The summed E-state index contributed by atoms with van der Waals surface area (Å²) in [5.74, 6) is 0. The smallest absolute Gasteiger partial charge is 0.456 e. The van der Waals surface area contributed by atoms with Gasteiger partial charge in [-0.2, -0.15) is 0 Å². The Bertz CT molecular complexity index is 937. The highest BCUT2D eigenvalue weighted by molar-refractivity contribution is 6.85. The fourth-order valence-electron chi connectivity index (χ4n) is 3.13. The van der Waals surface area contributed by atoms with Crippen LogP contribution in [0.5, 0.6) is 0 Å². The Kier molecular flexibility index (Phi) is 4.66. The van der Waals surface area contributed by atoms with Gasteiger partial charge in [-0.25, -0.2) is 0 Å². The molecule has 9 nitrogen and oxygen atoms in total. The topological polar surface area (TPSA) is 175 Å². The monoisotopic (exact) mass is 344 g/mol. The van der Waals surface area contributed by atoms with Crippen molar-refractivity contribution in [3.8, 4) is 0 Å². The number of hydrogen-bond acceptors (Lipinski definition) is 9. The molecular formula is C12H12B4O9. The fraction of sp³-hybridized carbons (Fsp3) is 0. The highest BCUT2D eigenvalue weighted by Crippen LogP contribution is 2.26. The molecule has 0 saturated heterocycles. The Morgan fingerprint density at radius 2 is 1.08 bits per heavy atom. The molecule has 0 unspecified atom stereocenters. The molecule has 0 amide bonds. The largest absolute Gasteiger partial charge is 0.491 e. The van der Waals surface area contributed by atoms with E-state index in [-0.39, 0.29) is 16.6 Å². The van der Waals surface area contributed by atoms with Crippen LogP contribution in [0.15, 0.2) is 28.7 Å². The minimum atomic E-state index is -2.37. The van der Waals surface area contributed by atoms with E-state index in [1.54, 1.807) is 18.2 Å². The van der Waals surface area contributed by atoms with Crippen LogP contribution in [0.1, 0.15) is 0 Å². The van der Waals surface area contributed by atoms with Crippen molar-refractivity contribution in [1.29, 1.82) is 0 Å². The second kappa shape index (κ2) is 6.48. The molecule has 0 saturated carbocycles. The lowest BCUT2D eigenvalue weighted by molar-refractivity contribution is 0.414. The molecular weight excluding hydrogens is 331 g/mol. The molecule has 0 aliphatic carbocycles. The molecule has 126 valence electrons. The molecule has 8 N–H and O–H groups in total. The first-order valence-electron chi connectivity index (χ1n) is 7.21. The number of para-hydroxylation sites is 1. The fourth-order valence-corrected chi connectivity index (χ4v) is 3.13. The quantitative estimate of drug-likeness (QED) is 0.215. The first kappa shape index (κ1) is 18.0. The van der Waals surface area contributed by atoms with Crippen LogP contribution in [0.4, 0.5) is 0 Å². The molecule has 13 heteroatoms. The van der Waals surface area contributed by atoms with Gasteiger partial charge in [-0.05, 0) is 22.5 Å². The Balaban J connectivity index is 2.67. The number of furan rings is 1. The molecule has 0 radical (unpaired) electrons. The van der Waals surface area contributed by atoms with Gasteiger partial charge in [0.05, 0.1) is 0 Å². The summed E-state index contributed by atoms with van der Waals surface area (Å²) in [5, 5.41) is 77.9. The predicted octanol–water partition coefficient (Wildman–Crippen LogP) is -5.69. The Labute approximate surface area is 142 Å². The van der Waals surface area contributed by atoms with E-state index in [9.17, 15) is 40.2 Å². The van der Waals surface area contributed by atoms with E-state index < -0.39 is 50.3 Å². The minimum Gasteiger partial charge on any atom is -0.456 e. The zero-order chi connectivity index (χ0) is 18.5. The summed E-state index contributed by atoms with van der Waals surface area (Å²) in [5.41, 5.74) is -2.32. The minimum absolute atomic E-state index is 0.0128. The van der Waals surface area contributed by atoms with E-state index in [0.717, 1.165) is 0 Å². The molecule has 1 heterocycles. The molecule has 25 heavy (non-hydrogen) atoms. The first-order valence-corrected chi connectivity index (χ1v) is 7.21. The van der Waals surface area contributed by atoms with Crippen molar-refractivity contribution in [2.24, 2.45) is 0 Å². The van der Waals surface area contributed by atoms with Crippen LogP contribution in [-0.4, -0.2) is 68.7 Å². The standard InChI is InChI=1S/C12H12B4O9/c17-13(18)8-7-5-3-1-2-4-6(5)25-12(7)11(16(23)24)10(15(21)22)9(8)14(19)20/h1-4,17-24H. The molecule has 0 atom stereocenters. The third-order valence-electron chi connectivity index (χ3n) is 4.01. The molecule has 0 spiro atoms. The van der Waals surface area contributed by atoms with E-state index >= 15 is 0 Å². The SMILES string of the molecule is OB(O)c1c(B(O)O)c(B(O)O)c2c(oc3ccccc32)c1B(O)O. The van der Waals surface area contributed by atoms with Crippen molar-refractivity contribution >= 4 is 72.3 Å². The number of rotatable bonds is 4. The second-order valence-corrected chi connectivity index (χ2v) is 5.45. The summed E-state index contributed by atoms with van der Waals surface area (Å²) >= 11 is 0. The van der Waals surface area contributed by atoms with E-state index in [1.165, 1.54) is 6.07 Å². The number of hydrogen-bond donors (Lipinski definition) is 8. The van der Waals surface area contributed by atoms with Crippen LogP contribution in [0.3, 0.4) is 0 Å². The van der Waals surface area contributed by atoms with Gasteiger partial charge in [-0.3, -0.25) is 0 Å². The van der Waals surface area contributed by atoms with Crippen LogP contribution < -0.4 is 21.9 Å². The van der Waals surface area contributed by atoms with Crippen LogP contribution in [0, 0.1) is 0 Å². The zero-order valence-electron chi connectivity index (χ0n) is 12.6. The summed E-state index contributed by atoms with van der Waals surface area (Å²) in [6.07, 6.45) is 0. The van der Waals surface area contributed by atoms with E-state index in [0.29, 0.717) is 5.39 Å². The molecule has 0 aliphatic heterocycles.